The van der Waals surface area contributed by atoms with Gasteiger partial charge in [0.1, 0.15) is 45.7 Å². The van der Waals surface area contributed by atoms with E-state index >= 15 is 0 Å². The summed E-state index contributed by atoms with van der Waals surface area (Å²) >= 11 is 0. The number of Topliss-reactive ketones (excluding diaryl/α,β-unsaturated/α-hetero) is 2. The molecule has 416 valence electrons. The van der Waals surface area contributed by atoms with Crippen LogP contribution in [0.1, 0.15) is 132 Å². The van der Waals surface area contributed by atoms with Crippen molar-refractivity contribution in [2.75, 3.05) is 38.4 Å². The maximum Gasteiger partial charge on any atom is 0.231 e. The number of aromatic nitrogens is 8. The lowest BCUT2D eigenvalue weighted by Crippen LogP contribution is -2.57. The molecule has 0 radical (unpaired) electrons. The van der Waals surface area contributed by atoms with E-state index in [0.717, 1.165) is 132 Å². The molecule has 0 unspecified atom stereocenters. The Morgan fingerprint density at radius 1 is 0.605 bits per heavy atom. The van der Waals surface area contributed by atoms with Crippen molar-refractivity contribution < 1.29 is 28.7 Å². The van der Waals surface area contributed by atoms with Crippen molar-refractivity contribution in [1.82, 2.24) is 49.3 Å². The molecule has 2 aromatic carbocycles. The molecule has 5 fully saturated rings. The minimum atomic E-state index is -0.431. The second-order valence-corrected chi connectivity index (χ2v) is 23.9. The van der Waals surface area contributed by atoms with Gasteiger partial charge in [-0.3, -0.25) is 37.9 Å². The number of rotatable bonds is 16. The first-order valence-corrected chi connectivity index (χ1v) is 28.1. The number of methoxy groups -OCH3 is 1. The number of carbonyl (C=O) groups excluding carboxylic acids is 4. The second-order valence-electron chi connectivity index (χ2n) is 23.9. The number of imidazole rings is 2. The van der Waals surface area contributed by atoms with Gasteiger partial charge in [0.2, 0.25) is 11.8 Å². The molecule has 13 rings (SSSR count). The molecule has 5 aliphatic rings. The lowest BCUT2D eigenvalue weighted by Gasteiger charge is -2.40. The number of pyridine rings is 2. The topological polar surface area (TPSA) is 249 Å². The maximum absolute atomic E-state index is 13.1. The molecule has 4 bridgehead atoms. The quantitative estimate of drug-likeness (QED) is 0.0664. The number of ether oxygens (including phenoxy) is 2. The fraction of sp³-hybridized carbons (Fsp3) is 0.397. The van der Waals surface area contributed by atoms with E-state index < -0.39 is 5.41 Å². The molecule has 0 spiro atoms. The fourth-order valence-corrected chi connectivity index (χ4v) is 13.7. The number of amides is 2. The third kappa shape index (κ3) is 9.91. The van der Waals surface area contributed by atoms with E-state index in [1.165, 1.54) is 0 Å². The first kappa shape index (κ1) is 53.4. The largest absolute Gasteiger partial charge is 0.384 e. The van der Waals surface area contributed by atoms with Crippen molar-refractivity contribution in [2.24, 2.45) is 5.41 Å². The first-order chi connectivity index (χ1) is 39.0. The molecule has 8 aromatic rings. The van der Waals surface area contributed by atoms with Crippen molar-refractivity contribution in [2.45, 2.75) is 126 Å². The predicted molar refractivity (Wildman–Crippen MR) is 306 cm³/mol. The fourth-order valence-electron chi connectivity index (χ4n) is 13.7. The molecule has 6 aromatic heterocycles. The van der Waals surface area contributed by atoms with Crippen LogP contribution in [0.25, 0.3) is 33.5 Å². The second kappa shape index (κ2) is 20.7. The lowest BCUT2D eigenvalue weighted by atomic mass is 9.82. The van der Waals surface area contributed by atoms with Gasteiger partial charge >= 0.3 is 0 Å². The number of aryl methyl sites for hydroxylation is 2. The Kier molecular flexibility index (Phi) is 13.7. The Hall–Kier alpha value is -8.22. The van der Waals surface area contributed by atoms with E-state index in [9.17, 15) is 19.2 Å². The normalized spacial score (nSPS) is 23.0. The smallest absolute Gasteiger partial charge is 0.231 e. The zero-order valence-electron chi connectivity index (χ0n) is 46.4. The summed E-state index contributed by atoms with van der Waals surface area (Å²) in [6, 6.07) is 22.8. The zero-order chi connectivity index (χ0) is 56.3. The molecule has 1 saturated heterocycles. The summed E-state index contributed by atoms with van der Waals surface area (Å²) < 4.78 is 14.6. The van der Waals surface area contributed by atoms with Crippen LogP contribution in [0.15, 0.2) is 110 Å². The van der Waals surface area contributed by atoms with Crippen LogP contribution in [0.5, 0.6) is 0 Å². The predicted octanol–water partition coefficient (Wildman–Crippen LogP) is 8.43. The summed E-state index contributed by atoms with van der Waals surface area (Å²) in [5.41, 5.74) is 21.4. The highest BCUT2D eigenvalue weighted by Crippen LogP contribution is 2.59. The highest BCUT2D eigenvalue weighted by molar-refractivity contribution is 5.99. The number of hydrogen-bond acceptors (Lipinski definition) is 14. The molecule has 0 atom stereocenters. The van der Waals surface area contributed by atoms with Gasteiger partial charge in [0.25, 0.3) is 0 Å². The van der Waals surface area contributed by atoms with Gasteiger partial charge in [-0.2, -0.15) is 0 Å². The molecule has 1 aliphatic heterocycles. The summed E-state index contributed by atoms with van der Waals surface area (Å²) in [7, 11) is 1.61. The lowest BCUT2D eigenvalue weighted by molar-refractivity contribution is -0.159. The van der Waals surface area contributed by atoms with E-state index in [4.69, 9.17) is 30.9 Å². The number of benzene rings is 2. The van der Waals surface area contributed by atoms with Gasteiger partial charge in [-0.05, 0) is 120 Å². The number of nitrogens with two attached hydrogens (primary N) is 2. The molecule has 4 aliphatic carbocycles. The van der Waals surface area contributed by atoms with Crippen molar-refractivity contribution in [3.05, 3.63) is 155 Å². The minimum absolute atomic E-state index is 0.0147. The van der Waals surface area contributed by atoms with Gasteiger partial charge in [0.15, 0.2) is 11.6 Å². The number of ketones is 2. The molecule has 7 heterocycles. The van der Waals surface area contributed by atoms with Crippen LogP contribution in [0, 0.1) is 19.3 Å². The van der Waals surface area contributed by atoms with Crippen LogP contribution in [0.3, 0.4) is 0 Å². The van der Waals surface area contributed by atoms with E-state index in [2.05, 4.69) is 39.4 Å². The standard InChI is InChI=1S/C32H34N6O3.C31H34N6O3/c1-20-7-12-34-23(15-20)16-24(39)21-3-5-22(6-4-21)25-26-27(33)35-13-14-38(26)28(36-25)31-8-10-32(17-31,11-9-31)37-29(40)30(2)18-41-19-30;1-20-7-13-33-23(17-20)18-24(38)21-3-5-22(6-4-21)26-27-28(32)34-14-15-37(27)29(35-26)30-9-11-31(19-30,12-10-30)36-25(39)8-16-40-2/h3-7,12-15H,8-11,16-19H2,1-2H3,(H2,33,35)(H,37,40);3-7,13-15,17H,8-12,16,18-19H2,1-2H3,(H2,32,34)(H,36,39). The molecule has 18 heteroatoms. The van der Waals surface area contributed by atoms with Crippen LogP contribution in [-0.2, 0) is 42.7 Å². The van der Waals surface area contributed by atoms with Crippen LogP contribution in [0.4, 0.5) is 11.6 Å². The summed E-state index contributed by atoms with van der Waals surface area (Å²) in [6.45, 7) is 7.33. The number of nitrogens with zero attached hydrogens (tertiary/aromatic N) is 8. The Labute approximate surface area is 469 Å². The SMILES string of the molecule is COCCC(=O)NC12CCC(c3nc(-c4ccc(C(=O)Cc5cc(C)ccn5)cc4)c4c(N)nccn34)(CC1)C2.Cc1ccnc(CC(=O)c2ccc(-c3nc(C45CCC(NC(=O)C6(C)COC6)(CC4)C5)n4ccnc(N)c34)cc2)c1. The van der Waals surface area contributed by atoms with Gasteiger partial charge in [0, 0.05) is 106 Å². The molecule has 4 saturated carbocycles. The molecule has 81 heavy (non-hydrogen) atoms. The van der Waals surface area contributed by atoms with Crippen LogP contribution >= 0.6 is 0 Å². The van der Waals surface area contributed by atoms with E-state index in [-0.39, 0.29) is 58.1 Å². The zero-order valence-corrected chi connectivity index (χ0v) is 46.4. The van der Waals surface area contributed by atoms with Gasteiger partial charge in [-0.25, -0.2) is 19.9 Å². The van der Waals surface area contributed by atoms with Gasteiger partial charge in [0.05, 0.1) is 38.1 Å². The number of nitrogen functional groups attached to an aromatic ring is 2. The number of nitrogens with one attached hydrogen (secondary N) is 2. The third-order valence-electron chi connectivity index (χ3n) is 18.1. The molecule has 6 N–H and O–H groups in total. The third-order valence-corrected chi connectivity index (χ3v) is 18.1. The van der Waals surface area contributed by atoms with E-state index in [0.29, 0.717) is 49.0 Å². The van der Waals surface area contributed by atoms with E-state index in [1.54, 1.807) is 31.9 Å². The number of fused-ring (bicyclic) bond motifs is 6. The minimum Gasteiger partial charge on any atom is -0.384 e. The van der Waals surface area contributed by atoms with Crippen molar-refractivity contribution in [1.29, 1.82) is 0 Å². The Morgan fingerprint density at radius 3 is 1.46 bits per heavy atom. The highest BCUT2D eigenvalue weighted by atomic mass is 16.5. The van der Waals surface area contributed by atoms with Crippen LogP contribution in [0.2, 0.25) is 0 Å². The summed E-state index contributed by atoms with van der Waals surface area (Å²) in [5, 5.41) is 6.75. The molecule has 2 amide bonds. The van der Waals surface area contributed by atoms with Crippen LogP contribution in [-0.4, -0.2) is 100 Å². The first-order valence-electron chi connectivity index (χ1n) is 28.1. The molecular formula is C63H68N12O6. The number of anilines is 2. The maximum atomic E-state index is 13.1. The van der Waals surface area contributed by atoms with Crippen LogP contribution < -0.4 is 22.1 Å². The monoisotopic (exact) mass is 1090 g/mol. The Balaban J connectivity index is 0.000000161. The number of carbonyl (C=O) groups is 4. The van der Waals surface area contributed by atoms with Crippen molar-refractivity contribution >= 4 is 46.0 Å². The Morgan fingerprint density at radius 2 is 1.05 bits per heavy atom. The van der Waals surface area contributed by atoms with Gasteiger partial charge < -0.3 is 31.6 Å². The summed E-state index contributed by atoms with van der Waals surface area (Å²) in [4.78, 5) is 79.4. The number of hydrogen-bond donors (Lipinski definition) is 4. The van der Waals surface area contributed by atoms with Gasteiger partial charge in [-0.15, -0.1) is 0 Å². The molecular weight excluding hydrogens is 1020 g/mol. The van der Waals surface area contributed by atoms with Crippen molar-refractivity contribution in [3.8, 4) is 22.5 Å². The highest BCUT2D eigenvalue weighted by Gasteiger charge is 2.60. The Bertz CT molecular complexity index is 3750. The van der Waals surface area contributed by atoms with Crippen molar-refractivity contribution in [3.63, 3.8) is 0 Å². The average Bonchev–Trinajstić information content (AvgIpc) is 4.40. The van der Waals surface area contributed by atoms with Gasteiger partial charge in [-0.1, -0.05) is 48.5 Å². The summed E-state index contributed by atoms with van der Waals surface area (Å²) in [6.07, 6.45) is 20.8. The van der Waals surface area contributed by atoms with E-state index in [1.807, 2.05) is 106 Å². The summed E-state index contributed by atoms with van der Waals surface area (Å²) in [5.74, 6) is 2.91. The average molecular weight is 1090 g/mol. The molecule has 18 nitrogen and oxygen atoms in total.